The van der Waals surface area contributed by atoms with Crippen molar-refractivity contribution in [2.45, 2.75) is 0 Å². The van der Waals surface area contributed by atoms with E-state index in [2.05, 4.69) is 26.0 Å². The van der Waals surface area contributed by atoms with Crippen LogP contribution in [0.25, 0.3) is 0 Å². The molecule has 2 N–H and O–H groups in total. The van der Waals surface area contributed by atoms with Gasteiger partial charge in [0.15, 0.2) is 0 Å². The van der Waals surface area contributed by atoms with Gasteiger partial charge < -0.3 is 5.73 Å². The molecule has 0 fully saturated rings. The van der Waals surface area contributed by atoms with E-state index in [-0.39, 0.29) is 0 Å². The second-order valence-electron chi connectivity index (χ2n) is 2.17. The lowest BCUT2D eigenvalue weighted by atomic mass is 10.2. The molecule has 1 radical (unpaired) electrons. The predicted octanol–water partition coefficient (Wildman–Crippen LogP) is 0.311. The van der Waals surface area contributed by atoms with Crippen molar-refractivity contribution in [2.24, 2.45) is 15.5 Å². The van der Waals surface area contributed by atoms with Gasteiger partial charge in [-0.1, -0.05) is 0 Å². The topological polar surface area (TPSA) is 90.1 Å². The number of anilines is 1. The maximum atomic E-state index is 5.46. The smallest absolute Gasteiger partial charge is 0.207 e. The summed E-state index contributed by atoms with van der Waals surface area (Å²) >= 11 is 0. The Labute approximate surface area is 68.2 Å². The third-order valence-electron chi connectivity index (χ3n) is 1.36. The van der Waals surface area contributed by atoms with Crippen LogP contribution in [0.2, 0.25) is 0 Å². The molecule has 0 amide bonds. The number of rotatable bonds is 1. The van der Waals surface area contributed by atoms with Gasteiger partial charge in [0.25, 0.3) is 0 Å². The molecule has 59 valence electrons. The van der Waals surface area contributed by atoms with Crippen LogP contribution in [0.3, 0.4) is 0 Å². The number of aromatic nitrogens is 1. The minimum absolute atomic E-state index is 0.428. The number of nitrogens with zero attached hydrogens (tertiary/aromatic N) is 5. The first-order valence-corrected chi connectivity index (χ1v) is 3.27. The number of pyridine rings is 1. The van der Waals surface area contributed by atoms with Crippen molar-refractivity contribution in [3.63, 3.8) is 0 Å². The summed E-state index contributed by atoms with van der Waals surface area (Å²) in [6.45, 7) is 0. The van der Waals surface area contributed by atoms with E-state index in [0.29, 0.717) is 11.7 Å². The molecule has 1 aliphatic rings. The fourth-order valence-corrected chi connectivity index (χ4v) is 0.848. The first-order chi connectivity index (χ1) is 5.86. The summed E-state index contributed by atoms with van der Waals surface area (Å²) < 4.78 is 0. The molecule has 0 saturated carbocycles. The van der Waals surface area contributed by atoms with Crippen LogP contribution in [0.1, 0.15) is 5.56 Å². The number of amidine groups is 1. The van der Waals surface area contributed by atoms with E-state index in [1.807, 2.05) is 0 Å². The van der Waals surface area contributed by atoms with E-state index >= 15 is 0 Å². The first kappa shape index (κ1) is 6.71. The lowest BCUT2D eigenvalue weighted by molar-refractivity contribution is 0.923. The van der Waals surface area contributed by atoms with Crippen LogP contribution >= 0.6 is 0 Å². The fraction of sp³-hybridized carbons (Fsp3) is 0. The Morgan fingerprint density at radius 1 is 1.25 bits per heavy atom. The van der Waals surface area contributed by atoms with Gasteiger partial charge in [-0.15, -0.1) is 10.5 Å². The molecule has 1 aromatic rings. The van der Waals surface area contributed by atoms with Crippen molar-refractivity contribution in [3.05, 3.63) is 23.9 Å². The van der Waals surface area contributed by atoms with Crippen LogP contribution in [-0.4, -0.2) is 10.8 Å². The molecule has 2 rings (SSSR count). The fourth-order valence-electron chi connectivity index (χ4n) is 0.848. The zero-order valence-corrected chi connectivity index (χ0v) is 6.05. The quantitative estimate of drug-likeness (QED) is 0.642. The van der Waals surface area contributed by atoms with Crippen molar-refractivity contribution in [1.29, 1.82) is 0 Å². The van der Waals surface area contributed by atoms with Crippen LogP contribution in [-0.2, 0) is 0 Å². The molecule has 1 aliphatic heterocycles. The largest absolute Gasteiger partial charge is 0.384 e. The number of hydrogen-bond acceptors (Lipinski definition) is 5. The molecule has 0 atom stereocenters. The Balaban J connectivity index is 2.35. The Bertz CT molecular complexity index is 355. The summed E-state index contributed by atoms with van der Waals surface area (Å²) in [6.07, 6.45) is 1.58. The van der Waals surface area contributed by atoms with E-state index in [4.69, 9.17) is 5.73 Å². The minimum atomic E-state index is 0.428. The highest BCUT2D eigenvalue weighted by Crippen LogP contribution is 2.06. The van der Waals surface area contributed by atoms with Gasteiger partial charge in [0.1, 0.15) is 5.82 Å². The second kappa shape index (κ2) is 2.57. The van der Waals surface area contributed by atoms with Crippen molar-refractivity contribution < 1.29 is 0 Å². The molecule has 0 bridgehead atoms. The third kappa shape index (κ3) is 1.09. The Morgan fingerprint density at radius 3 is 2.83 bits per heavy atom. The van der Waals surface area contributed by atoms with Gasteiger partial charge in [-0.3, -0.25) is 0 Å². The highest BCUT2D eigenvalue weighted by Gasteiger charge is 2.08. The average molecular weight is 161 g/mol. The summed E-state index contributed by atoms with van der Waals surface area (Å²) in [7, 11) is 0. The molecular formula is C6H5N6. The molecular weight excluding hydrogens is 156 g/mol. The van der Waals surface area contributed by atoms with Crippen LogP contribution in [0, 0.1) is 0 Å². The van der Waals surface area contributed by atoms with Crippen molar-refractivity contribution in [2.75, 3.05) is 5.73 Å². The Morgan fingerprint density at radius 2 is 2.17 bits per heavy atom. The third-order valence-corrected chi connectivity index (χ3v) is 1.36. The molecule has 0 unspecified atom stereocenters. The lowest BCUT2D eigenvalue weighted by Crippen LogP contribution is -2.08. The summed E-state index contributed by atoms with van der Waals surface area (Å²) in [5, 5.41) is 10.4. The van der Waals surface area contributed by atoms with E-state index < -0.39 is 0 Å². The van der Waals surface area contributed by atoms with Crippen molar-refractivity contribution >= 4 is 11.7 Å². The van der Waals surface area contributed by atoms with E-state index in [1.165, 1.54) is 0 Å². The van der Waals surface area contributed by atoms with Crippen molar-refractivity contribution in [3.8, 4) is 0 Å². The lowest BCUT2D eigenvalue weighted by Gasteiger charge is -1.96. The standard InChI is InChI=1S/C6H5N6/c7-5-3-4(1-2-8-5)6-9-11-12-10-6/h1-3H,(H2,7,8). The Kier molecular flexibility index (Phi) is 1.44. The normalized spacial score (nSPS) is 14.2. The van der Waals surface area contributed by atoms with Gasteiger partial charge in [0.2, 0.25) is 5.84 Å². The predicted molar refractivity (Wildman–Crippen MR) is 42.2 cm³/mol. The van der Waals surface area contributed by atoms with Gasteiger partial charge in [-0.05, 0) is 22.6 Å². The molecule has 0 spiro atoms. The van der Waals surface area contributed by atoms with E-state index in [0.717, 1.165) is 5.56 Å². The monoisotopic (exact) mass is 161 g/mol. The molecule has 0 aliphatic carbocycles. The zero-order chi connectivity index (χ0) is 8.39. The molecule has 2 heterocycles. The summed E-state index contributed by atoms with van der Waals surface area (Å²) in [4.78, 5) is 3.83. The number of nitrogens with two attached hydrogens (primary N) is 1. The molecule has 12 heavy (non-hydrogen) atoms. The van der Waals surface area contributed by atoms with Crippen LogP contribution < -0.4 is 11.2 Å². The number of nitrogen functional groups attached to an aromatic ring is 1. The summed E-state index contributed by atoms with van der Waals surface area (Å²) in [5.74, 6) is 0.890. The van der Waals surface area contributed by atoms with Crippen LogP contribution in [0.15, 0.2) is 33.9 Å². The van der Waals surface area contributed by atoms with Gasteiger partial charge >= 0.3 is 0 Å². The molecule has 0 saturated heterocycles. The maximum Gasteiger partial charge on any atom is 0.207 e. The van der Waals surface area contributed by atoms with Crippen LogP contribution in [0.4, 0.5) is 5.82 Å². The van der Waals surface area contributed by atoms with E-state index in [1.54, 1.807) is 18.3 Å². The highest BCUT2D eigenvalue weighted by atomic mass is 15.6. The molecule has 6 heteroatoms. The Hall–Kier alpha value is -1.98. The SMILES string of the molecule is Nc1cc(C2=NN=N[N]2)ccn1. The zero-order valence-electron chi connectivity index (χ0n) is 6.05. The van der Waals surface area contributed by atoms with Gasteiger partial charge in [0, 0.05) is 11.8 Å². The van der Waals surface area contributed by atoms with Crippen molar-refractivity contribution in [1.82, 2.24) is 10.4 Å². The maximum absolute atomic E-state index is 5.46. The van der Waals surface area contributed by atoms with E-state index in [9.17, 15) is 0 Å². The minimum Gasteiger partial charge on any atom is -0.384 e. The van der Waals surface area contributed by atoms with Gasteiger partial charge in [0.05, 0.1) is 0 Å². The number of hydrogen-bond donors (Lipinski definition) is 1. The average Bonchev–Trinajstić information content (AvgIpc) is 2.56. The second-order valence-corrected chi connectivity index (χ2v) is 2.17. The molecule has 0 aromatic carbocycles. The molecule has 1 aromatic heterocycles. The van der Waals surface area contributed by atoms with Gasteiger partial charge in [-0.2, -0.15) is 0 Å². The molecule has 6 nitrogen and oxygen atoms in total. The summed E-state index contributed by atoms with van der Waals surface area (Å²) in [5.41, 5.74) is 9.90. The van der Waals surface area contributed by atoms with Crippen LogP contribution in [0.5, 0.6) is 0 Å². The first-order valence-electron chi connectivity index (χ1n) is 3.27. The highest BCUT2D eigenvalue weighted by molar-refractivity contribution is 5.99. The summed E-state index contributed by atoms with van der Waals surface area (Å²) in [6, 6.07) is 3.41. The van der Waals surface area contributed by atoms with Gasteiger partial charge in [-0.25, -0.2) is 4.98 Å².